The number of sulfonamides is 1. The number of nitrogens with zero attached hydrogens (tertiary/aromatic N) is 1. The fourth-order valence-corrected chi connectivity index (χ4v) is 3.65. The van der Waals surface area contributed by atoms with E-state index in [0.717, 1.165) is 21.0 Å². The van der Waals surface area contributed by atoms with Crippen LogP contribution in [0.5, 0.6) is 0 Å². The van der Waals surface area contributed by atoms with Crippen molar-refractivity contribution in [1.82, 2.24) is 9.62 Å². The van der Waals surface area contributed by atoms with Crippen LogP contribution in [0.1, 0.15) is 24.1 Å². The summed E-state index contributed by atoms with van der Waals surface area (Å²) in [4.78, 5) is 13.5. The Bertz CT molecular complexity index is 869. The van der Waals surface area contributed by atoms with E-state index < -0.39 is 21.7 Å². The summed E-state index contributed by atoms with van der Waals surface area (Å²) in [5.74, 6) is -0.798. The topological polar surface area (TPSA) is 66.5 Å². The van der Waals surface area contributed by atoms with Gasteiger partial charge in [-0.2, -0.15) is 4.31 Å². The molecule has 2 aromatic carbocycles. The smallest absolute Gasteiger partial charge is 0.235 e. The summed E-state index contributed by atoms with van der Waals surface area (Å²) >= 11 is 1.63. The summed E-state index contributed by atoms with van der Waals surface area (Å²) in [6, 6.07) is 13.1. The van der Waals surface area contributed by atoms with Gasteiger partial charge in [0.05, 0.1) is 18.8 Å². The molecule has 0 unspecified atom stereocenters. The molecule has 0 aliphatic rings. The van der Waals surface area contributed by atoms with E-state index in [4.69, 9.17) is 0 Å². The first kappa shape index (κ1) is 21.4. The predicted octanol–water partition coefficient (Wildman–Crippen LogP) is 3.19. The normalized spacial score (nSPS) is 12.8. The molecule has 5 nitrogen and oxygen atoms in total. The summed E-state index contributed by atoms with van der Waals surface area (Å²) in [7, 11) is -3.60. The van der Waals surface area contributed by atoms with Gasteiger partial charge in [0.2, 0.25) is 15.9 Å². The zero-order chi connectivity index (χ0) is 20.0. The monoisotopic (exact) mass is 410 g/mol. The highest BCUT2D eigenvalue weighted by Gasteiger charge is 2.21. The Balaban J connectivity index is 2.03. The van der Waals surface area contributed by atoms with Crippen LogP contribution < -0.4 is 5.32 Å². The van der Waals surface area contributed by atoms with Crippen molar-refractivity contribution in [3.05, 3.63) is 65.5 Å². The minimum absolute atomic E-state index is 0.00331. The lowest BCUT2D eigenvalue weighted by Crippen LogP contribution is -2.40. The number of amides is 1. The van der Waals surface area contributed by atoms with E-state index in [1.807, 2.05) is 37.4 Å². The second-order valence-electron chi connectivity index (χ2n) is 6.22. The first-order valence-corrected chi connectivity index (χ1v) is 11.4. The number of thioether (sulfide) groups is 1. The van der Waals surface area contributed by atoms with Gasteiger partial charge >= 0.3 is 0 Å². The van der Waals surface area contributed by atoms with Crippen molar-refractivity contribution >= 4 is 27.7 Å². The molecule has 0 saturated carbocycles. The fraction of sp³-hybridized carbons (Fsp3) is 0.316. The van der Waals surface area contributed by atoms with Gasteiger partial charge in [0, 0.05) is 11.4 Å². The van der Waals surface area contributed by atoms with Crippen LogP contribution in [0.3, 0.4) is 0 Å². The van der Waals surface area contributed by atoms with Crippen molar-refractivity contribution in [2.24, 2.45) is 0 Å². The maximum absolute atomic E-state index is 13.0. The van der Waals surface area contributed by atoms with Crippen LogP contribution in [-0.4, -0.2) is 37.7 Å². The Hall–Kier alpha value is -1.90. The molecule has 0 bridgehead atoms. The van der Waals surface area contributed by atoms with Crippen LogP contribution in [0.25, 0.3) is 0 Å². The lowest BCUT2D eigenvalue weighted by atomic mass is 10.1. The quantitative estimate of drug-likeness (QED) is 0.679. The van der Waals surface area contributed by atoms with E-state index in [1.165, 1.54) is 24.3 Å². The SMILES string of the molecule is CSc1ccc([C@@H](C)NC(=O)CN(Cc2ccc(F)cc2)S(C)(=O)=O)cc1. The molecule has 146 valence electrons. The predicted molar refractivity (Wildman–Crippen MR) is 106 cm³/mol. The molecule has 1 atom stereocenters. The fourth-order valence-electron chi connectivity index (χ4n) is 2.51. The maximum Gasteiger partial charge on any atom is 0.235 e. The van der Waals surface area contributed by atoms with Gasteiger partial charge in [0.1, 0.15) is 5.82 Å². The second kappa shape index (κ2) is 9.34. The molecule has 0 radical (unpaired) electrons. The average molecular weight is 411 g/mol. The van der Waals surface area contributed by atoms with Crippen LogP contribution in [0.4, 0.5) is 4.39 Å². The lowest BCUT2D eigenvalue weighted by molar-refractivity contribution is -0.122. The first-order chi connectivity index (χ1) is 12.7. The van der Waals surface area contributed by atoms with Crippen LogP contribution >= 0.6 is 11.8 Å². The van der Waals surface area contributed by atoms with E-state index >= 15 is 0 Å². The standard InChI is InChI=1S/C19H23FN2O3S2/c1-14(16-6-10-18(26-2)11-7-16)21-19(23)13-22(27(3,24)25)12-15-4-8-17(20)9-5-15/h4-11,14H,12-13H2,1-3H3,(H,21,23)/t14-/m1/s1. The number of rotatable bonds is 8. The number of nitrogens with one attached hydrogen (secondary N) is 1. The van der Waals surface area contributed by atoms with Gasteiger partial charge in [-0.25, -0.2) is 12.8 Å². The minimum Gasteiger partial charge on any atom is -0.348 e. The van der Waals surface area contributed by atoms with Crippen molar-refractivity contribution in [3.63, 3.8) is 0 Å². The van der Waals surface area contributed by atoms with Crippen LogP contribution in [0, 0.1) is 5.82 Å². The Labute approximate surface area is 164 Å². The van der Waals surface area contributed by atoms with E-state index in [2.05, 4.69) is 5.32 Å². The molecule has 0 aliphatic heterocycles. The number of hydrogen-bond acceptors (Lipinski definition) is 4. The summed E-state index contributed by atoms with van der Waals surface area (Å²) in [6.45, 7) is 1.55. The van der Waals surface area contributed by atoms with Crippen molar-refractivity contribution in [2.45, 2.75) is 24.4 Å². The largest absolute Gasteiger partial charge is 0.348 e. The Kier molecular flexibility index (Phi) is 7.41. The Morgan fingerprint density at radius 1 is 1.15 bits per heavy atom. The van der Waals surface area contributed by atoms with Crippen molar-refractivity contribution in [3.8, 4) is 0 Å². The molecule has 0 saturated heterocycles. The third kappa shape index (κ3) is 6.64. The summed E-state index contributed by atoms with van der Waals surface area (Å²) in [5, 5.41) is 2.82. The molecular weight excluding hydrogens is 387 g/mol. The molecule has 1 amide bonds. The third-order valence-electron chi connectivity index (χ3n) is 4.05. The van der Waals surface area contributed by atoms with Crippen molar-refractivity contribution < 1.29 is 17.6 Å². The summed E-state index contributed by atoms with van der Waals surface area (Å²) in [6.07, 6.45) is 3.04. The minimum atomic E-state index is -3.60. The van der Waals surface area contributed by atoms with E-state index in [0.29, 0.717) is 5.56 Å². The zero-order valence-corrected chi connectivity index (χ0v) is 17.1. The van der Waals surface area contributed by atoms with Gasteiger partial charge in [-0.1, -0.05) is 24.3 Å². The van der Waals surface area contributed by atoms with E-state index in [-0.39, 0.29) is 19.1 Å². The molecule has 0 heterocycles. The molecule has 0 fully saturated rings. The highest BCUT2D eigenvalue weighted by molar-refractivity contribution is 7.98. The molecule has 27 heavy (non-hydrogen) atoms. The van der Waals surface area contributed by atoms with Gasteiger partial charge < -0.3 is 5.32 Å². The zero-order valence-electron chi connectivity index (χ0n) is 15.5. The van der Waals surface area contributed by atoms with Crippen LogP contribution in [0.15, 0.2) is 53.4 Å². The molecule has 2 rings (SSSR count). The maximum atomic E-state index is 13.0. The Morgan fingerprint density at radius 3 is 2.26 bits per heavy atom. The second-order valence-corrected chi connectivity index (χ2v) is 9.08. The molecule has 2 aromatic rings. The molecule has 0 spiro atoms. The Morgan fingerprint density at radius 2 is 1.74 bits per heavy atom. The number of carbonyl (C=O) groups is 1. The van der Waals surface area contributed by atoms with Crippen LogP contribution in [0.2, 0.25) is 0 Å². The number of benzene rings is 2. The molecule has 0 aromatic heterocycles. The van der Waals surface area contributed by atoms with E-state index in [9.17, 15) is 17.6 Å². The van der Waals surface area contributed by atoms with Gasteiger partial charge in [-0.3, -0.25) is 4.79 Å². The molecule has 0 aliphatic carbocycles. The van der Waals surface area contributed by atoms with Gasteiger partial charge in [-0.15, -0.1) is 11.8 Å². The van der Waals surface area contributed by atoms with Gasteiger partial charge in [0.25, 0.3) is 0 Å². The molecule has 8 heteroatoms. The van der Waals surface area contributed by atoms with Crippen molar-refractivity contribution in [2.75, 3.05) is 19.1 Å². The molecular formula is C19H23FN2O3S2. The highest BCUT2D eigenvalue weighted by atomic mass is 32.2. The number of carbonyl (C=O) groups excluding carboxylic acids is 1. The lowest BCUT2D eigenvalue weighted by Gasteiger charge is -2.21. The van der Waals surface area contributed by atoms with Gasteiger partial charge in [-0.05, 0) is 48.6 Å². The number of halogens is 1. The average Bonchev–Trinajstić information content (AvgIpc) is 2.62. The third-order valence-corrected chi connectivity index (χ3v) is 5.99. The molecule has 1 N–H and O–H groups in total. The number of hydrogen-bond donors (Lipinski definition) is 1. The summed E-state index contributed by atoms with van der Waals surface area (Å²) < 4.78 is 38.2. The first-order valence-electron chi connectivity index (χ1n) is 8.32. The van der Waals surface area contributed by atoms with Crippen molar-refractivity contribution in [1.29, 1.82) is 0 Å². The highest BCUT2D eigenvalue weighted by Crippen LogP contribution is 2.19. The van der Waals surface area contributed by atoms with Gasteiger partial charge in [0.15, 0.2) is 0 Å². The van der Waals surface area contributed by atoms with E-state index in [1.54, 1.807) is 11.8 Å². The summed E-state index contributed by atoms with van der Waals surface area (Å²) in [5.41, 5.74) is 1.54. The van der Waals surface area contributed by atoms with Crippen LogP contribution in [-0.2, 0) is 21.4 Å².